The molecule has 0 aliphatic carbocycles. The number of carboxylic acid groups (broad SMARTS) is 1. The Kier molecular flexibility index (Phi) is 5.44. The second-order valence-electron chi connectivity index (χ2n) is 5.31. The number of hydrogen-bond donors (Lipinski definition) is 2. The Morgan fingerprint density at radius 3 is 2.78 bits per heavy atom. The molecular formula is C16H17FN2O3S. The molecular weight excluding hydrogens is 319 g/mol. The van der Waals surface area contributed by atoms with Crippen LogP contribution in [0.5, 0.6) is 0 Å². The van der Waals surface area contributed by atoms with Crippen LogP contribution in [0.2, 0.25) is 0 Å². The minimum absolute atomic E-state index is 0.0580. The van der Waals surface area contributed by atoms with E-state index in [0.29, 0.717) is 16.3 Å². The second-order valence-corrected chi connectivity index (χ2v) is 6.17. The second kappa shape index (κ2) is 7.32. The molecule has 2 unspecified atom stereocenters. The van der Waals surface area contributed by atoms with Crippen molar-refractivity contribution in [2.24, 2.45) is 5.92 Å². The maximum atomic E-state index is 13.2. The van der Waals surface area contributed by atoms with E-state index in [2.05, 4.69) is 10.3 Å². The van der Waals surface area contributed by atoms with E-state index in [1.54, 1.807) is 24.4 Å². The molecule has 2 atom stereocenters. The number of nitrogens with zero attached hydrogens (tertiary/aromatic N) is 1. The molecule has 0 fully saturated rings. The number of thiazole rings is 1. The topological polar surface area (TPSA) is 79.3 Å². The molecule has 0 aliphatic heterocycles. The summed E-state index contributed by atoms with van der Waals surface area (Å²) in [6, 6.07) is 5.63. The molecule has 0 bridgehead atoms. The standard InChI is InChI=1S/C16H17FN2O3S/c1-9(16(21)22)10(2)18-14(20)7-13-8-23-15(19-13)11-4-3-5-12(17)6-11/h3-6,8-10H,7H2,1-2H3,(H,18,20)(H,21,22). The van der Waals surface area contributed by atoms with Gasteiger partial charge >= 0.3 is 5.97 Å². The third-order valence-electron chi connectivity index (χ3n) is 3.49. The maximum absolute atomic E-state index is 13.2. The van der Waals surface area contributed by atoms with E-state index in [1.807, 2.05) is 0 Å². The summed E-state index contributed by atoms with van der Waals surface area (Å²) in [4.78, 5) is 27.1. The Morgan fingerprint density at radius 1 is 1.39 bits per heavy atom. The number of aliphatic carboxylic acids is 1. The Hall–Kier alpha value is -2.28. The maximum Gasteiger partial charge on any atom is 0.308 e. The molecule has 0 saturated carbocycles. The number of halogens is 1. The van der Waals surface area contributed by atoms with Crippen LogP contribution in [0.3, 0.4) is 0 Å². The van der Waals surface area contributed by atoms with Gasteiger partial charge in [0.15, 0.2) is 0 Å². The highest BCUT2D eigenvalue weighted by Crippen LogP contribution is 2.24. The molecule has 0 saturated heterocycles. The van der Waals surface area contributed by atoms with Gasteiger partial charge in [0.05, 0.1) is 18.0 Å². The van der Waals surface area contributed by atoms with Crippen LogP contribution in [-0.2, 0) is 16.0 Å². The molecule has 122 valence electrons. The Balaban J connectivity index is 1.99. The van der Waals surface area contributed by atoms with Gasteiger partial charge in [0.1, 0.15) is 10.8 Å². The molecule has 1 aromatic heterocycles. The van der Waals surface area contributed by atoms with Gasteiger partial charge in [0.25, 0.3) is 0 Å². The van der Waals surface area contributed by atoms with E-state index in [9.17, 15) is 14.0 Å². The average Bonchev–Trinajstić information content (AvgIpc) is 2.94. The quantitative estimate of drug-likeness (QED) is 0.850. The van der Waals surface area contributed by atoms with Gasteiger partial charge in [-0.2, -0.15) is 0 Å². The van der Waals surface area contributed by atoms with Crippen molar-refractivity contribution in [3.8, 4) is 10.6 Å². The van der Waals surface area contributed by atoms with Gasteiger partial charge in [-0.05, 0) is 26.0 Å². The number of rotatable bonds is 6. The largest absolute Gasteiger partial charge is 0.481 e. The predicted molar refractivity (Wildman–Crippen MR) is 85.6 cm³/mol. The number of aromatic nitrogens is 1. The fourth-order valence-corrected chi connectivity index (χ4v) is 2.77. The summed E-state index contributed by atoms with van der Waals surface area (Å²) in [5.74, 6) is -2.26. The molecule has 0 spiro atoms. The van der Waals surface area contributed by atoms with Gasteiger partial charge in [-0.25, -0.2) is 9.37 Å². The van der Waals surface area contributed by atoms with Crippen LogP contribution in [0.4, 0.5) is 4.39 Å². The SMILES string of the molecule is CC(NC(=O)Cc1csc(-c2cccc(F)c2)n1)C(C)C(=O)O. The van der Waals surface area contributed by atoms with E-state index < -0.39 is 17.9 Å². The van der Waals surface area contributed by atoms with E-state index in [4.69, 9.17) is 5.11 Å². The highest BCUT2D eigenvalue weighted by molar-refractivity contribution is 7.13. The lowest BCUT2D eigenvalue weighted by Crippen LogP contribution is -2.40. The zero-order valence-electron chi connectivity index (χ0n) is 12.7. The summed E-state index contributed by atoms with van der Waals surface area (Å²) < 4.78 is 13.2. The zero-order valence-corrected chi connectivity index (χ0v) is 13.6. The normalized spacial score (nSPS) is 13.3. The van der Waals surface area contributed by atoms with E-state index in [1.165, 1.54) is 30.4 Å². The first kappa shape index (κ1) is 17.1. The van der Waals surface area contributed by atoms with Crippen LogP contribution in [0.15, 0.2) is 29.6 Å². The number of carboxylic acids is 1. The molecule has 5 nitrogen and oxygen atoms in total. The number of hydrogen-bond acceptors (Lipinski definition) is 4. The van der Waals surface area contributed by atoms with E-state index >= 15 is 0 Å². The minimum atomic E-state index is -0.958. The summed E-state index contributed by atoms with van der Waals surface area (Å²) in [5, 5.41) is 13.9. The predicted octanol–water partition coefficient (Wildman–Crippen LogP) is 2.72. The third kappa shape index (κ3) is 4.59. The molecule has 2 rings (SSSR count). The highest BCUT2D eigenvalue weighted by atomic mass is 32.1. The van der Waals surface area contributed by atoms with Crippen LogP contribution in [0, 0.1) is 11.7 Å². The van der Waals surface area contributed by atoms with Gasteiger partial charge in [-0.3, -0.25) is 9.59 Å². The van der Waals surface area contributed by atoms with Gasteiger partial charge in [-0.15, -0.1) is 11.3 Å². The molecule has 1 amide bonds. The molecule has 7 heteroatoms. The summed E-state index contributed by atoms with van der Waals surface area (Å²) >= 11 is 1.33. The summed E-state index contributed by atoms with van der Waals surface area (Å²) in [6.07, 6.45) is 0.0580. The number of nitrogens with one attached hydrogen (secondary N) is 1. The van der Waals surface area contributed by atoms with Crippen LogP contribution in [0.1, 0.15) is 19.5 Å². The lowest BCUT2D eigenvalue weighted by molar-refractivity contribution is -0.142. The molecule has 0 radical (unpaired) electrons. The first-order valence-corrected chi connectivity index (χ1v) is 7.97. The number of carbonyl (C=O) groups excluding carboxylic acids is 1. The molecule has 2 aromatic rings. The molecule has 0 aliphatic rings. The highest BCUT2D eigenvalue weighted by Gasteiger charge is 2.21. The van der Waals surface area contributed by atoms with Crippen molar-refractivity contribution < 1.29 is 19.1 Å². The van der Waals surface area contributed by atoms with Crippen molar-refractivity contribution in [2.75, 3.05) is 0 Å². The van der Waals surface area contributed by atoms with Crippen molar-refractivity contribution in [2.45, 2.75) is 26.3 Å². The van der Waals surface area contributed by atoms with Crippen molar-refractivity contribution in [3.05, 3.63) is 41.2 Å². The number of benzene rings is 1. The fraction of sp³-hybridized carbons (Fsp3) is 0.312. The van der Waals surface area contributed by atoms with E-state index in [0.717, 1.165) is 0 Å². The van der Waals surface area contributed by atoms with Crippen molar-refractivity contribution in [1.82, 2.24) is 10.3 Å². The van der Waals surface area contributed by atoms with Crippen molar-refractivity contribution in [1.29, 1.82) is 0 Å². The lowest BCUT2D eigenvalue weighted by Gasteiger charge is -2.17. The molecule has 1 aromatic carbocycles. The van der Waals surface area contributed by atoms with Crippen LogP contribution >= 0.6 is 11.3 Å². The average molecular weight is 336 g/mol. The zero-order chi connectivity index (χ0) is 17.0. The summed E-state index contributed by atoms with van der Waals surface area (Å²) in [7, 11) is 0. The van der Waals surface area contributed by atoms with Gasteiger partial charge < -0.3 is 10.4 Å². The summed E-state index contributed by atoms with van der Waals surface area (Å²) in [5.41, 5.74) is 1.23. The van der Waals surface area contributed by atoms with E-state index in [-0.39, 0.29) is 18.1 Å². The van der Waals surface area contributed by atoms with Gasteiger partial charge in [0.2, 0.25) is 5.91 Å². The minimum Gasteiger partial charge on any atom is -0.481 e. The van der Waals surface area contributed by atoms with Crippen LogP contribution < -0.4 is 5.32 Å². The Morgan fingerprint density at radius 2 is 2.13 bits per heavy atom. The fourth-order valence-electron chi connectivity index (χ4n) is 1.95. The Bertz CT molecular complexity index is 717. The molecule has 1 heterocycles. The van der Waals surface area contributed by atoms with Crippen LogP contribution in [-0.4, -0.2) is 28.0 Å². The van der Waals surface area contributed by atoms with Crippen LogP contribution in [0.25, 0.3) is 10.6 Å². The van der Waals surface area contributed by atoms with Crippen molar-refractivity contribution >= 4 is 23.2 Å². The third-order valence-corrected chi connectivity index (χ3v) is 4.43. The molecule has 2 N–H and O–H groups in total. The monoisotopic (exact) mass is 336 g/mol. The lowest BCUT2D eigenvalue weighted by atomic mass is 10.0. The first-order chi connectivity index (χ1) is 10.9. The number of amides is 1. The smallest absolute Gasteiger partial charge is 0.308 e. The number of carbonyl (C=O) groups is 2. The van der Waals surface area contributed by atoms with Gasteiger partial charge in [0, 0.05) is 17.0 Å². The van der Waals surface area contributed by atoms with Gasteiger partial charge in [-0.1, -0.05) is 12.1 Å². The molecule has 23 heavy (non-hydrogen) atoms. The Labute approximate surface area is 137 Å². The first-order valence-electron chi connectivity index (χ1n) is 7.09. The van der Waals surface area contributed by atoms with Crippen molar-refractivity contribution in [3.63, 3.8) is 0 Å². The summed E-state index contributed by atoms with van der Waals surface area (Å²) in [6.45, 7) is 3.19.